The van der Waals surface area contributed by atoms with Gasteiger partial charge in [-0.3, -0.25) is 4.79 Å². The van der Waals surface area contributed by atoms with Gasteiger partial charge >= 0.3 is 0 Å². The van der Waals surface area contributed by atoms with Crippen LogP contribution in [-0.4, -0.2) is 42.0 Å². The number of furan rings is 1. The van der Waals surface area contributed by atoms with Gasteiger partial charge in [0.25, 0.3) is 0 Å². The number of aryl methyl sites for hydroxylation is 1. The highest BCUT2D eigenvalue weighted by Crippen LogP contribution is 2.25. The SMILES string of the molecule is Cc1c(CN(C)C(=O)/C=C/c2cnc3c(c2)CNC(CN)CN3)oc2ccccc12. The van der Waals surface area contributed by atoms with E-state index in [-0.39, 0.29) is 11.9 Å². The molecule has 0 fully saturated rings. The molecule has 0 spiro atoms. The highest BCUT2D eigenvalue weighted by atomic mass is 16.3. The summed E-state index contributed by atoms with van der Waals surface area (Å²) in [7, 11) is 1.77. The molecule has 3 heterocycles. The van der Waals surface area contributed by atoms with Gasteiger partial charge in [-0.15, -0.1) is 0 Å². The van der Waals surface area contributed by atoms with E-state index in [0.717, 1.165) is 45.8 Å². The number of hydrogen-bond acceptors (Lipinski definition) is 6. The zero-order valence-electron chi connectivity index (χ0n) is 17.3. The molecule has 30 heavy (non-hydrogen) atoms. The van der Waals surface area contributed by atoms with Crippen LogP contribution in [0.5, 0.6) is 0 Å². The largest absolute Gasteiger partial charge is 0.459 e. The van der Waals surface area contributed by atoms with E-state index in [1.54, 1.807) is 30.3 Å². The molecule has 0 radical (unpaired) electrons. The van der Waals surface area contributed by atoms with Crippen molar-refractivity contribution >= 4 is 28.8 Å². The van der Waals surface area contributed by atoms with Crippen LogP contribution in [0.15, 0.2) is 47.0 Å². The number of aromatic nitrogens is 1. The summed E-state index contributed by atoms with van der Waals surface area (Å²) in [6.45, 7) is 4.45. The molecule has 0 bridgehead atoms. The Morgan fingerprint density at radius 1 is 1.40 bits per heavy atom. The molecular formula is C23H27N5O2. The van der Waals surface area contributed by atoms with E-state index in [1.807, 2.05) is 37.3 Å². The molecule has 7 heteroatoms. The molecule has 0 aliphatic carbocycles. The van der Waals surface area contributed by atoms with Crippen LogP contribution < -0.4 is 16.4 Å². The van der Waals surface area contributed by atoms with Crippen molar-refractivity contribution in [3.8, 4) is 0 Å². The Hall–Kier alpha value is -3.16. The second-order valence-electron chi connectivity index (χ2n) is 7.64. The quantitative estimate of drug-likeness (QED) is 0.565. The Morgan fingerprint density at radius 3 is 3.03 bits per heavy atom. The third-order valence-corrected chi connectivity index (χ3v) is 5.49. The zero-order valence-corrected chi connectivity index (χ0v) is 17.3. The van der Waals surface area contributed by atoms with E-state index in [9.17, 15) is 4.79 Å². The lowest BCUT2D eigenvalue weighted by Crippen LogP contribution is -2.39. The fourth-order valence-electron chi connectivity index (χ4n) is 3.59. The third kappa shape index (κ3) is 4.22. The van der Waals surface area contributed by atoms with Gasteiger partial charge in [0.2, 0.25) is 5.91 Å². The first-order valence-corrected chi connectivity index (χ1v) is 10.1. The van der Waals surface area contributed by atoms with E-state index in [2.05, 4.69) is 15.6 Å². The lowest BCUT2D eigenvalue weighted by Gasteiger charge is -2.14. The Morgan fingerprint density at radius 2 is 2.23 bits per heavy atom. The summed E-state index contributed by atoms with van der Waals surface area (Å²) < 4.78 is 5.92. The van der Waals surface area contributed by atoms with Crippen LogP contribution in [0, 0.1) is 6.92 Å². The Labute approximate surface area is 175 Å². The number of nitrogens with two attached hydrogens (primary N) is 1. The number of hydrogen-bond donors (Lipinski definition) is 3. The van der Waals surface area contributed by atoms with Crippen molar-refractivity contribution < 1.29 is 9.21 Å². The van der Waals surface area contributed by atoms with Crippen LogP contribution in [0.4, 0.5) is 5.82 Å². The number of pyridine rings is 1. The van der Waals surface area contributed by atoms with Crippen LogP contribution >= 0.6 is 0 Å². The molecule has 1 atom stereocenters. The van der Waals surface area contributed by atoms with E-state index in [0.29, 0.717) is 19.6 Å². The van der Waals surface area contributed by atoms with Gasteiger partial charge < -0.3 is 25.7 Å². The maximum absolute atomic E-state index is 12.6. The summed E-state index contributed by atoms with van der Waals surface area (Å²) in [5.41, 5.74) is 9.61. The standard InChI is InChI=1S/C23H27N5O2/c1-15-19-5-3-4-6-20(19)30-21(15)14-28(2)22(29)8-7-16-9-17-12-25-18(10-24)13-27-23(17)26-11-16/h3-9,11,18,25H,10,12-14,24H2,1-2H3,(H,26,27)/b8-7+. The fourth-order valence-corrected chi connectivity index (χ4v) is 3.59. The average molecular weight is 406 g/mol. The number of benzene rings is 1. The van der Waals surface area contributed by atoms with E-state index >= 15 is 0 Å². The third-order valence-electron chi connectivity index (χ3n) is 5.49. The molecule has 2 aromatic heterocycles. The van der Waals surface area contributed by atoms with Crippen LogP contribution in [0.3, 0.4) is 0 Å². The number of carbonyl (C=O) groups excluding carboxylic acids is 1. The molecule has 7 nitrogen and oxygen atoms in total. The molecule has 4 rings (SSSR count). The number of anilines is 1. The van der Waals surface area contributed by atoms with Crippen LogP contribution in [-0.2, 0) is 17.9 Å². The predicted molar refractivity (Wildman–Crippen MR) is 119 cm³/mol. The minimum absolute atomic E-state index is 0.0933. The van der Waals surface area contributed by atoms with Crippen LogP contribution in [0.25, 0.3) is 17.0 Å². The molecule has 1 aliphatic heterocycles. The van der Waals surface area contributed by atoms with Gasteiger partial charge in [-0.1, -0.05) is 18.2 Å². The van der Waals surface area contributed by atoms with Crippen LogP contribution in [0.1, 0.15) is 22.5 Å². The Balaban J connectivity index is 1.43. The van der Waals surface area contributed by atoms with Crippen molar-refractivity contribution in [2.24, 2.45) is 5.73 Å². The van der Waals surface area contributed by atoms with Gasteiger partial charge in [0.1, 0.15) is 17.2 Å². The van der Waals surface area contributed by atoms with E-state index < -0.39 is 0 Å². The van der Waals surface area contributed by atoms with Crippen molar-refractivity contribution in [2.45, 2.75) is 26.1 Å². The topological polar surface area (TPSA) is 96.4 Å². The predicted octanol–water partition coefficient (Wildman–Crippen LogP) is 2.65. The van der Waals surface area contributed by atoms with Gasteiger partial charge in [-0.25, -0.2) is 4.98 Å². The first kappa shape index (κ1) is 20.1. The smallest absolute Gasteiger partial charge is 0.246 e. The highest BCUT2D eigenvalue weighted by molar-refractivity contribution is 5.91. The lowest BCUT2D eigenvalue weighted by atomic mass is 10.1. The molecule has 4 N–H and O–H groups in total. The summed E-state index contributed by atoms with van der Waals surface area (Å²) in [4.78, 5) is 18.7. The number of carbonyl (C=O) groups is 1. The number of nitrogens with zero attached hydrogens (tertiary/aromatic N) is 2. The summed E-state index contributed by atoms with van der Waals surface area (Å²) in [5.74, 6) is 1.57. The minimum atomic E-state index is -0.0933. The van der Waals surface area contributed by atoms with Crippen LogP contribution in [0.2, 0.25) is 0 Å². The van der Waals surface area contributed by atoms with Crippen molar-refractivity contribution in [3.05, 3.63) is 65.1 Å². The molecule has 1 aromatic carbocycles. The van der Waals surface area contributed by atoms with Crippen molar-refractivity contribution in [3.63, 3.8) is 0 Å². The van der Waals surface area contributed by atoms with Crippen molar-refractivity contribution in [1.82, 2.24) is 15.2 Å². The monoisotopic (exact) mass is 405 g/mol. The summed E-state index contributed by atoms with van der Waals surface area (Å²) in [5, 5.41) is 7.80. The number of nitrogens with one attached hydrogen (secondary N) is 2. The first-order valence-electron chi connectivity index (χ1n) is 10.1. The van der Waals surface area contributed by atoms with Gasteiger partial charge in [-0.05, 0) is 30.7 Å². The normalized spacial score (nSPS) is 16.3. The molecule has 0 saturated carbocycles. The second kappa shape index (κ2) is 8.69. The van der Waals surface area contributed by atoms with Gasteiger partial charge in [0, 0.05) is 61.5 Å². The van der Waals surface area contributed by atoms with Crippen molar-refractivity contribution in [2.75, 3.05) is 25.5 Å². The second-order valence-corrected chi connectivity index (χ2v) is 7.64. The first-order chi connectivity index (χ1) is 14.5. The summed E-state index contributed by atoms with van der Waals surface area (Å²) in [6, 6.07) is 10.2. The fraction of sp³-hybridized carbons (Fsp3) is 0.304. The maximum atomic E-state index is 12.6. The molecule has 156 valence electrons. The molecule has 1 aliphatic rings. The average Bonchev–Trinajstić information content (AvgIpc) is 2.94. The summed E-state index contributed by atoms with van der Waals surface area (Å²) in [6.07, 6.45) is 5.13. The number of amides is 1. The Bertz CT molecular complexity index is 1090. The van der Waals surface area contributed by atoms with Gasteiger partial charge in [0.15, 0.2) is 0 Å². The molecule has 1 amide bonds. The number of para-hydroxylation sites is 1. The van der Waals surface area contributed by atoms with E-state index in [4.69, 9.17) is 10.2 Å². The molecule has 0 saturated heterocycles. The van der Waals surface area contributed by atoms with E-state index in [1.165, 1.54) is 0 Å². The Kier molecular flexibility index (Phi) is 5.83. The number of fused-ring (bicyclic) bond motifs is 2. The minimum Gasteiger partial charge on any atom is -0.459 e. The van der Waals surface area contributed by atoms with Crippen molar-refractivity contribution in [1.29, 1.82) is 0 Å². The highest BCUT2D eigenvalue weighted by Gasteiger charge is 2.16. The van der Waals surface area contributed by atoms with Gasteiger partial charge in [0.05, 0.1) is 6.54 Å². The van der Waals surface area contributed by atoms with Gasteiger partial charge in [-0.2, -0.15) is 0 Å². The summed E-state index contributed by atoms with van der Waals surface area (Å²) >= 11 is 0. The lowest BCUT2D eigenvalue weighted by molar-refractivity contribution is -0.125. The number of rotatable bonds is 5. The maximum Gasteiger partial charge on any atom is 0.246 e. The number of likely N-dealkylation sites (N-methyl/N-ethyl adjacent to an activating group) is 1. The molecular weight excluding hydrogens is 378 g/mol. The molecule has 1 unspecified atom stereocenters. The molecule has 3 aromatic rings. The zero-order chi connectivity index (χ0) is 21.1.